The summed E-state index contributed by atoms with van der Waals surface area (Å²) in [5.41, 5.74) is 7.24. The molecule has 144 valence electrons. The summed E-state index contributed by atoms with van der Waals surface area (Å²) in [5.74, 6) is 0.931. The molecule has 3 aliphatic carbocycles. The van der Waals surface area contributed by atoms with Crippen LogP contribution in [0.4, 0.5) is 4.39 Å². The van der Waals surface area contributed by atoms with Crippen LogP contribution < -0.4 is 15.8 Å². The Balaban J connectivity index is 0.00000243. The molecule has 0 saturated heterocycles. The number of carbonyl (C=O) groups excluding carboxylic acids is 1. The fourth-order valence-electron chi connectivity index (χ4n) is 4.44. The molecule has 3 fully saturated rings. The van der Waals surface area contributed by atoms with Crippen LogP contribution in [0.2, 0.25) is 0 Å². The maximum Gasteiger partial charge on any atom is 0.225 e. The molecule has 4 nitrogen and oxygen atoms in total. The summed E-state index contributed by atoms with van der Waals surface area (Å²) in [4.78, 5) is 12.2. The summed E-state index contributed by atoms with van der Waals surface area (Å²) in [6.07, 6.45) is 6.58. The predicted octanol–water partition coefficient (Wildman–Crippen LogP) is 3.64. The van der Waals surface area contributed by atoms with E-state index in [1.807, 2.05) is 12.1 Å². The molecule has 1 aromatic carbocycles. The van der Waals surface area contributed by atoms with Gasteiger partial charge in [0.25, 0.3) is 0 Å². The van der Waals surface area contributed by atoms with Gasteiger partial charge in [0.1, 0.15) is 12.4 Å². The Morgan fingerprint density at radius 2 is 1.77 bits per heavy atom. The first kappa shape index (κ1) is 20.7. The fraction of sp³-hybridized carbons (Fsp3) is 0.550. The van der Waals surface area contributed by atoms with Gasteiger partial charge in [-0.15, -0.1) is 12.4 Å². The molecule has 2 bridgehead atoms. The largest absolute Gasteiger partial charge is 0.489 e. The lowest BCUT2D eigenvalue weighted by atomic mass is 9.51. The SMILES string of the molecule is CNC(=O)C12CCC(c3ccc(OCC(=CF)CN)cc3)(CC1)CC2.Cl. The molecule has 0 spiro atoms. The number of nitrogens with two attached hydrogens (primary N) is 1. The maximum atomic E-state index is 12.5. The summed E-state index contributed by atoms with van der Waals surface area (Å²) in [7, 11) is 1.74. The van der Waals surface area contributed by atoms with Crippen molar-refractivity contribution in [1.29, 1.82) is 0 Å². The van der Waals surface area contributed by atoms with Gasteiger partial charge in [-0.1, -0.05) is 12.1 Å². The molecule has 0 unspecified atom stereocenters. The Bertz CT molecular complexity index is 636. The number of hydrogen-bond acceptors (Lipinski definition) is 3. The molecule has 1 aromatic rings. The number of ether oxygens (including phenoxy) is 1. The van der Waals surface area contributed by atoms with E-state index in [-0.39, 0.29) is 42.3 Å². The minimum absolute atomic E-state index is 0. The molecule has 0 radical (unpaired) electrons. The Labute approximate surface area is 160 Å². The van der Waals surface area contributed by atoms with Crippen molar-refractivity contribution >= 4 is 18.3 Å². The highest BCUT2D eigenvalue weighted by Crippen LogP contribution is 2.57. The van der Waals surface area contributed by atoms with Crippen molar-refractivity contribution in [3.63, 3.8) is 0 Å². The van der Waals surface area contributed by atoms with Gasteiger partial charge in [-0.2, -0.15) is 0 Å². The smallest absolute Gasteiger partial charge is 0.225 e. The lowest BCUT2D eigenvalue weighted by Crippen LogP contribution is -2.51. The second-order valence-electron chi connectivity index (χ2n) is 7.42. The van der Waals surface area contributed by atoms with Gasteiger partial charge in [-0.3, -0.25) is 4.79 Å². The van der Waals surface area contributed by atoms with Crippen LogP contribution >= 0.6 is 12.4 Å². The minimum atomic E-state index is -0.142. The van der Waals surface area contributed by atoms with Gasteiger partial charge < -0.3 is 15.8 Å². The average molecular weight is 383 g/mol. The fourth-order valence-corrected chi connectivity index (χ4v) is 4.44. The molecule has 0 atom stereocenters. The second-order valence-corrected chi connectivity index (χ2v) is 7.42. The third-order valence-corrected chi connectivity index (χ3v) is 6.26. The molecule has 26 heavy (non-hydrogen) atoms. The van der Waals surface area contributed by atoms with Crippen LogP contribution in [0.15, 0.2) is 36.2 Å². The van der Waals surface area contributed by atoms with Gasteiger partial charge in [-0.05, 0) is 61.6 Å². The Morgan fingerprint density at radius 3 is 2.23 bits per heavy atom. The maximum absolute atomic E-state index is 12.5. The summed E-state index contributed by atoms with van der Waals surface area (Å²) >= 11 is 0. The summed E-state index contributed by atoms with van der Waals surface area (Å²) in [5, 5.41) is 2.85. The topological polar surface area (TPSA) is 64.3 Å². The Morgan fingerprint density at radius 1 is 1.19 bits per heavy atom. The van der Waals surface area contributed by atoms with Gasteiger partial charge in [0.05, 0.1) is 6.33 Å². The zero-order chi connectivity index (χ0) is 17.9. The third kappa shape index (κ3) is 3.74. The molecule has 4 rings (SSSR count). The first-order valence-electron chi connectivity index (χ1n) is 9.01. The highest BCUT2D eigenvalue weighted by atomic mass is 35.5. The highest BCUT2D eigenvalue weighted by molar-refractivity contribution is 5.85. The van der Waals surface area contributed by atoms with Crippen LogP contribution in [-0.2, 0) is 10.2 Å². The van der Waals surface area contributed by atoms with E-state index >= 15 is 0 Å². The molecule has 3 N–H and O–H groups in total. The number of hydrogen-bond donors (Lipinski definition) is 2. The standard InChI is InChI=1S/C20H27FN2O2.ClH/c1-23-18(24)20-9-6-19(7-10-20,8-11-20)16-2-4-17(5-3-16)25-14-15(12-21)13-22;/h2-5,12H,6-11,13-14,22H2,1H3,(H,23,24);1H. The molecule has 6 heteroatoms. The molecule has 0 heterocycles. The van der Waals surface area contributed by atoms with E-state index in [4.69, 9.17) is 10.5 Å². The van der Waals surface area contributed by atoms with Crippen molar-refractivity contribution < 1.29 is 13.9 Å². The minimum Gasteiger partial charge on any atom is -0.489 e. The van der Waals surface area contributed by atoms with Crippen LogP contribution in [-0.4, -0.2) is 26.1 Å². The quantitative estimate of drug-likeness (QED) is 0.789. The number of nitrogens with one attached hydrogen (secondary N) is 1. The summed E-state index contributed by atoms with van der Waals surface area (Å²) < 4.78 is 18.1. The molecule has 3 aliphatic rings. The van der Waals surface area contributed by atoms with Gasteiger partial charge in [0, 0.05) is 24.6 Å². The van der Waals surface area contributed by atoms with Crippen molar-refractivity contribution in [2.75, 3.05) is 20.2 Å². The lowest BCUT2D eigenvalue weighted by Gasteiger charge is -2.52. The zero-order valence-corrected chi connectivity index (χ0v) is 16.0. The number of amides is 1. The van der Waals surface area contributed by atoms with Gasteiger partial charge in [0.15, 0.2) is 0 Å². The van der Waals surface area contributed by atoms with E-state index in [2.05, 4.69) is 17.4 Å². The molecule has 0 aromatic heterocycles. The lowest BCUT2D eigenvalue weighted by molar-refractivity contribution is -0.137. The predicted molar refractivity (Wildman–Crippen MR) is 103 cm³/mol. The van der Waals surface area contributed by atoms with Crippen LogP contribution in [0.3, 0.4) is 0 Å². The number of halogens is 2. The van der Waals surface area contributed by atoms with Crippen LogP contribution in [0.1, 0.15) is 44.1 Å². The van der Waals surface area contributed by atoms with E-state index in [0.29, 0.717) is 11.9 Å². The monoisotopic (exact) mass is 382 g/mol. The molecule has 3 saturated carbocycles. The zero-order valence-electron chi connectivity index (χ0n) is 15.2. The van der Waals surface area contributed by atoms with Gasteiger partial charge >= 0.3 is 0 Å². The Kier molecular flexibility index (Phi) is 6.69. The van der Waals surface area contributed by atoms with Crippen molar-refractivity contribution in [1.82, 2.24) is 5.32 Å². The van der Waals surface area contributed by atoms with Crippen molar-refractivity contribution in [3.05, 3.63) is 41.7 Å². The van der Waals surface area contributed by atoms with Crippen LogP contribution in [0.5, 0.6) is 5.75 Å². The molecular weight excluding hydrogens is 355 g/mol. The van der Waals surface area contributed by atoms with E-state index < -0.39 is 0 Å². The number of rotatable bonds is 6. The van der Waals surface area contributed by atoms with E-state index in [0.717, 1.165) is 44.3 Å². The van der Waals surface area contributed by atoms with Crippen LogP contribution in [0, 0.1) is 5.41 Å². The van der Waals surface area contributed by atoms with Gasteiger partial charge in [0.2, 0.25) is 5.91 Å². The number of fused-ring (bicyclic) bond motifs is 3. The molecule has 0 aliphatic heterocycles. The second kappa shape index (κ2) is 8.40. The van der Waals surface area contributed by atoms with Gasteiger partial charge in [-0.25, -0.2) is 4.39 Å². The Hall–Kier alpha value is -1.59. The molecular formula is C20H28ClFN2O2. The summed E-state index contributed by atoms with van der Waals surface area (Å²) in [6.45, 7) is 0.330. The van der Waals surface area contributed by atoms with Crippen molar-refractivity contribution in [2.45, 2.75) is 43.9 Å². The number of benzene rings is 1. The first-order valence-corrected chi connectivity index (χ1v) is 9.01. The first-order chi connectivity index (χ1) is 12.1. The van der Waals surface area contributed by atoms with Crippen molar-refractivity contribution in [3.8, 4) is 5.75 Å². The molecule has 1 amide bonds. The average Bonchev–Trinajstić information content (AvgIpc) is 2.70. The van der Waals surface area contributed by atoms with E-state index in [1.54, 1.807) is 7.05 Å². The highest BCUT2D eigenvalue weighted by Gasteiger charge is 2.52. The third-order valence-electron chi connectivity index (χ3n) is 6.26. The number of carbonyl (C=O) groups is 1. The van der Waals surface area contributed by atoms with E-state index in [1.165, 1.54) is 5.56 Å². The van der Waals surface area contributed by atoms with Crippen molar-refractivity contribution in [2.24, 2.45) is 11.1 Å². The van der Waals surface area contributed by atoms with Crippen LogP contribution in [0.25, 0.3) is 0 Å². The normalized spacial score (nSPS) is 27.6. The van der Waals surface area contributed by atoms with E-state index in [9.17, 15) is 9.18 Å². The summed E-state index contributed by atoms with van der Waals surface area (Å²) in [6, 6.07) is 8.14.